The fourth-order valence-corrected chi connectivity index (χ4v) is 2.96. The van der Waals surface area contributed by atoms with Crippen molar-refractivity contribution in [2.45, 2.75) is 44.3 Å². The Morgan fingerprint density at radius 1 is 1.12 bits per heavy atom. The van der Waals surface area contributed by atoms with Gasteiger partial charge in [0, 0.05) is 18.2 Å². The van der Waals surface area contributed by atoms with E-state index in [1.54, 1.807) is 0 Å². The largest absolute Gasteiger partial charge is 0.348 e. The van der Waals surface area contributed by atoms with Gasteiger partial charge in [0.15, 0.2) is 0 Å². The van der Waals surface area contributed by atoms with Crippen molar-refractivity contribution in [2.24, 2.45) is 5.73 Å². The number of aromatic nitrogens is 2. The number of carbonyl (C=O) groups excluding carboxylic acids is 1. The molecule has 24 heavy (non-hydrogen) atoms. The van der Waals surface area contributed by atoms with Crippen LogP contribution in [0.2, 0.25) is 0 Å². The molecule has 1 aliphatic carbocycles. The van der Waals surface area contributed by atoms with Gasteiger partial charge in [-0.1, -0.05) is 30.3 Å². The summed E-state index contributed by atoms with van der Waals surface area (Å²) in [7, 11) is 0. The molecule has 1 amide bonds. The first-order valence-corrected chi connectivity index (χ1v) is 8.30. The fourth-order valence-electron chi connectivity index (χ4n) is 2.96. The molecule has 0 spiro atoms. The standard InChI is InChI=1S/C18H22N4O2/c19-14-6-8-15(9-7-14)20-18(24)16-10-11-17(23)22(21-16)12-13-4-2-1-3-5-13/h1-5,10-11,14-15H,6-9,12,19H2,(H,20,24). The highest BCUT2D eigenvalue weighted by atomic mass is 16.2. The van der Waals surface area contributed by atoms with Gasteiger partial charge >= 0.3 is 0 Å². The van der Waals surface area contributed by atoms with E-state index in [1.165, 1.54) is 16.8 Å². The van der Waals surface area contributed by atoms with Gasteiger partial charge in [0.25, 0.3) is 11.5 Å². The van der Waals surface area contributed by atoms with E-state index in [0.29, 0.717) is 6.54 Å². The first-order valence-electron chi connectivity index (χ1n) is 8.30. The molecule has 1 fully saturated rings. The normalized spacial score (nSPS) is 20.5. The Balaban J connectivity index is 1.70. The van der Waals surface area contributed by atoms with Crippen molar-refractivity contribution in [1.82, 2.24) is 15.1 Å². The molecule has 126 valence electrons. The molecule has 1 heterocycles. The first kappa shape index (κ1) is 16.4. The van der Waals surface area contributed by atoms with E-state index in [9.17, 15) is 9.59 Å². The summed E-state index contributed by atoms with van der Waals surface area (Å²) in [4.78, 5) is 24.4. The summed E-state index contributed by atoms with van der Waals surface area (Å²) in [5.41, 5.74) is 6.89. The number of hydrogen-bond acceptors (Lipinski definition) is 4. The third-order valence-electron chi connectivity index (χ3n) is 4.38. The molecule has 6 nitrogen and oxygen atoms in total. The van der Waals surface area contributed by atoms with Crippen molar-refractivity contribution < 1.29 is 4.79 Å². The van der Waals surface area contributed by atoms with E-state index in [-0.39, 0.29) is 29.2 Å². The molecular formula is C18H22N4O2. The second-order valence-electron chi connectivity index (χ2n) is 6.29. The zero-order valence-electron chi connectivity index (χ0n) is 13.5. The van der Waals surface area contributed by atoms with Crippen LogP contribution in [0.5, 0.6) is 0 Å². The van der Waals surface area contributed by atoms with Crippen LogP contribution in [-0.4, -0.2) is 27.8 Å². The summed E-state index contributed by atoms with van der Waals surface area (Å²) in [6.07, 6.45) is 3.62. The third kappa shape index (κ3) is 4.08. The molecule has 0 atom stereocenters. The van der Waals surface area contributed by atoms with Crippen LogP contribution in [-0.2, 0) is 6.54 Å². The van der Waals surface area contributed by atoms with Crippen LogP contribution < -0.4 is 16.6 Å². The SMILES string of the molecule is NC1CCC(NC(=O)c2ccc(=O)n(Cc3ccccc3)n2)CC1. The summed E-state index contributed by atoms with van der Waals surface area (Å²) in [6.45, 7) is 0.346. The smallest absolute Gasteiger partial charge is 0.271 e. The molecule has 0 bridgehead atoms. The van der Waals surface area contributed by atoms with Crippen molar-refractivity contribution in [3.05, 3.63) is 64.1 Å². The molecule has 0 unspecified atom stereocenters. The summed E-state index contributed by atoms with van der Waals surface area (Å²) in [5, 5.41) is 7.21. The number of nitrogens with two attached hydrogens (primary N) is 1. The maximum Gasteiger partial charge on any atom is 0.271 e. The van der Waals surface area contributed by atoms with Gasteiger partial charge in [-0.2, -0.15) is 5.10 Å². The Kier molecular flexibility index (Phi) is 5.05. The number of nitrogens with one attached hydrogen (secondary N) is 1. The predicted molar refractivity (Wildman–Crippen MR) is 91.7 cm³/mol. The van der Waals surface area contributed by atoms with Gasteiger partial charge in [-0.15, -0.1) is 0 Å². The Morgan fingerprint density at radius 2 is 1.83 bits per heavy atom. The zero-order chi connectivity index (χ0) is 16.9. The molecule has 0 saturated heterocycles. The van der Waals surface area contributed by atoms with Crippen molar-refractivity contribution in [1.29, 1.82) is 0 Å². The van der Waals surface area contributed by atoms with Crippen LogP contribution in [0.3, 0.4) is 0 Å². The van der Waals surface area contributed by atoms with Crippen LogP contribution in [0.1, 0.15) is 41.7 Å². The fraction of sp³-hybridized carbons (Fsp3) is 0.389. The topological polar surface area (TPSA) is 90.0 Å². The molecular weight excluding hydrogens is 304 g/mol. The third-order valence-corrected chi connectivity index (χ3v) is 4.38. The Bertz CT molecular complexity index is 749. The number of amides is 1. The lowest BCUT2D eigenvalue weighted by molar-refractivity contribution is 0.0918. The van der Waals surface area contributed by atoms with E-state index in [4.69, 9.17) is 5.73 Å². The van der Waals surface area contributed by atoms with Gasteiger partial charge in [0.1, 0.15) is 5.69 Å². The number of benzene rings is 1. The number of nitrogens with zero attached hydrogens (tertiary/aromatic N) is 2. The zero-order valence-corrected chi connectivity index (χ0v) is 13.5. The highest BCUT2D eigenvalue weighted by molar-refractivity contribution is 5.92. The van der Waals surface area contributed by atoms with Crippen LogP contribution in [0.25, 0.3) is 0 Å². The Labute approximate surface area is 140 Å². The van der Waals surface area contributed by atoms with Crippen LogP contribution in [0, 0.1) is 0 Å². The van der Waals surface area contributed by atoms with Gasteiger partial charge < -0.3 is 11.1 Å². The monoisotopic (exact) mass is 326 g/mol. The first-order chi connectivity index (χ1) is 11.6. The molecule has 1 saturated carbocycles. The molecule has 6 heteroatoms. The molecule has 1 aliphatic rings. The molecule has 0 radical (unpaired) electrons. The Hall–Kier alpha value is -2.47. The minimum absolute atomic E-state index is 0.133. The Morgan fingerprint density at radius 3 is 2.54 bits per heavy atom. The van der Waals surface area contributed by atoms with Crippen LogP contribution in [0.4, 0.5) is 0 Å². The molecule has 3 rings (SSSR count). The summed E-state index contributed by atoms with van der Waals surface area (Å²) in [6, 6.07) is 12.8. The second-order valence-corrected chi connectivity index (χ2v) is 6.29. The van der Waals surface area contributed by atoms with E-state index < -0.39 is 0 Å². The molecule has 0 aliphatic heterocycles. The molecule has 3 N–H and O–H groups in total. The number of carbonyl (C=O) groups is 1. The predicted octanol–water partition coefficient (Wildman–Crippen LogP) is 1.29. The lowest BCUT2D eigenvalue weighted by atomic mass is 9.92. The molecule has 2 aromatic rings. The lowest BCUT2D eigenvalue weighted by Crippen LogP contribution is -2.41. The average molecular weight is 326 g/mol. The van der Waals surface area contributed by atoms with Gasteiger partial charge in [-0.3, -0.25) is 9.59 Å². The van der Waals surface area contributed by atoms with E-state index in [0.717, 1.165) is 31.2 Å². The highest BCUT2D eigenvalue weighted by Crippen LogP contribution is 2.17. The summed E-state index contributed by atoms with van der Waals surface area (Å²) in [5.74, 6) is -0.239. The van der Waals surface area contributed by atoms with Crippen LogP contribution in [0.15, 0.2) is 47.3 Å². The number of rotatable bonds is 4. The van der Waals surface area contributed by atoms with Crippen LogP contribution >= 0.6 is 0 Å². The average Bonchev–Trinajstić information content (AvgIpc) is 2.60. The van der Waals surface area contributed by atoms with Crippen molar-refractivity contribution in [3.63, 3.8) is 0 Å². The van der Waals surface area contributed by atoms with Crippen molar-refractivity contribution in [2.75, 3.05) is 0 Å². The van der Waals surface area contributed by atoms with E-state index in [2.05, 4.69) is 10.4 Å². The highest BCUT2D eigenvalue weighted by Gasteiger charge is 2.21. The number of hydrogen-bond donors (Lipinski definition) is 2. The summed E-state index contributed by atoms with van der Waals surface area (Å²) < 4.78 is 1.32. The van der Waals surface area contributed by atoms with Gasteiger partial charge in [0.2, 0.25) is 0 Å². The minimum Gasteiger partial charge on any atom is -0.348 e. The van der Waals surface area contributed by atoms with E-state index >= 15 is 0 Å². The lowest BCUT2D eigenvalue weighted by Gasteiger charge is -2.26. The maximum absolute atomic E-state index is 12.4. The van der Waals surface area contributed by atoms with Gasteiger partial charge in [-0.05, 0) is 37.3 Å². The second kappa shape index (κ2) is 7.40. The summed E-state index contributed by atoms with van der Waals surface area (Å²) >= 11 is 0. The molecule has 1 aromatic carbocycles. The van der Waals surface area contributed by atoms with Crippen molar-refractivity contribution in [3.8, 4) is 0 Å². The molecule has 1 aromatic heterocycles. The minimum atomic E-state index is -0.239. The van der Waals surface area contributed by atoms with Crippen molar-refractivity contribution >= 4 is 5.91 Å². The van der Waals surface area contributed by atoms with Gasteiger partial charge in [0.05, 0.1) is 6.54 Å². The van der Waals surface area contributed by atoms with E-state index in [1.807, 2.05) is 30.3 Å². The quantitative estimate of drug-likeness (QED) is 0.886. The van der Waals surface area contributed by atoms with Gasteiger partial charge in [-0.25, -0.2) is 4.68 Å². The maximum atomic E-state index is 12.4.